The Balaban J connectivity index is 3.26. The van der Waals surface area contributed by atoms with E-state index < -0.39 is 21.3 Å². The summed E-state index contributed by atoms with van der Waals surface area (Å²) in [5.41, 5.74) is -0.496. The van der Waals surface area contributed by atoms with Crippen molar-refractivity contribution in [1.29, 1.82) is 0 Å². The van der Waals surface area contributed by atoms with Crippen LogP contribution in [0, 0.1) is 20.2 Å². The summed E-state index contributed by atoms with van der Waals surface area (Å²) in [6.07, 6.45) is 1.91. The van der Waals surface area contributed by atoms with Gasteiger partial charge >= 0.3 is 5.69 Å². The van der Waals surface area contributed by atoms with Gasteiger partial charge in [0.05, 0.1) is 15.9 Å². The molecule has 0 atom stereocenters. The van der Waals surface area contributed by atoms with E-state index in [9.17, 15) is 25.3 Å². The smallest absolute Gasteiger partial charge is 0.311 e. The Morgan fingerprint density at radius 1 is 1.18 bits per heavy atom. The van der Waals surface area contributed by atoms with Gasteiger partial charge in [0, 0.05) is 11.6 Å². The van der Waals surface area contributed by atoms with E-state index in [2.05, 4.69) is 0 Å². The predicted molar refractivity (Wildman–Crippen MR) is 60.0 cm³/mol. The maximum Gasteiger partial charge on any atom is 0.311 e. The van der Waals surface area contributed by atoms with Crippen LogP contribution in [-0.2, 0) is 6.42 Å². The van der Waals surface area contributed by atoms with E-state index in [1.54, 1.807) is 0 Å². The lowest BCUT2D eigenvalue weighted by molar-refractivity contribution is -0.390. The summed E-state index contributed by atoms with van der Waals surface area (Å²) >= 11 is 0. The molecule has 0 radical (unpaired) electrons. The Morgan fingerprint density at radius 2 is 1.76 bits per heavy atom. The summed E-state index contributed by atoms with van der Waals surface area (Å²) in [6.45, 7) is 1.92. The van der Waals surface area contributed by atoms with Crippen LogP contribution in [0.2, 0.25) is 0 Å². The first-order chi connectivity index (χ1) is 7.97. The number of aromatic hydroxyl groups is 1. The van der Waals surface area contributed by atoms with Crippen molar-refractivity contribution in [3.8, 4) is 5.75 Å². The monoisotopic (exact) mass is 240 g/mol. The average molecular weight is 240 g/mol. The average Bonchev–Trinajstić information content (AvgIpc) is 2.26. The second-order valence-corrected chi connectivity index (χ2v) is 3.59. The lowest BCUT2D eigenvalue weighted by Crippen LogP contribution is -1.98. The number of rotatable bonds is 5. The molecule has 17 heavy (non-hydrogen) atoms. The molecule has 0 aromatic heterocycles. The predicted octanol–water partition coefficient (Wildman–Crippen LogP) is 2.55. The van der Waals surface area contributed by atoms with E-state index in [1.165, 1.54) is 0 Å². The van der Waals surface area contributed by atoms with E-state index >= 15 is 0 Å². The third-order valence-electron chi connectivity index (χ3n) is 2.37. The number of benzene rings is 1. The Hall–Kier alpha value is -2.18. The molecule has 1 aromatic rings. The van der Waals surface area contributed by atoms with Gasteiger partial charge in [-0.3, -0.25) is 20.2 Å². The van der Waals surface area contributed by atoms with Crippen LogP contribution in [0.4, 0.5) is 11.4 Å². The van der Waals surface area contributed by atoms with E-state index in [1.807, 2.05) is 6.92 Å². The summed E-state index contributed by atoms with van der Waals surface area (Å²) in [5, 5.41) is 30.7. The molecule has 0 unspecified atom stereocenters. The fourth-order valence-electron chi connectivity index (χ4n) is 1.49. The largest absolute Gasteiger partial charge is 0.502 e. The van der Waals surface area contributed by atoms with Gasteiger partial charge in [0.2, 0.25) is 5.75 Å². The minimum absolute atomic E-state index is 0.276. The van der Waals surface area contributed by atoms with Crippen molar-refractivity contribution in [2.75, 3.05) is 0 Å². The van der Waals surface area contributed by atoms with E-state index in [0.717, 1.165) is 18.6 Å². The first-order valence-electron chi connectivity index (χ1n) is 5.12. The van der Waals surface area contributed by atoms with E-state index in [4.69, 9.17) is 0 Å². The molecule has 1 aromatic carbocycles. The van der Waals surface area contributed by atoms with Crippen LogP contribution in [0.5, 0.6) is 5.75 Å². The molecule has 0 amide bonds. The Bertz CT molecular complexity index is 458. The molecule has 92 valence electrons. The maximum absolute atomic E-state index is 10.7. The Kier molecular flexibility index (Phi) is 3.97. The minimum Gasteiger partial charge on any atom is -0.502 e. The van der Waals surface area contributed by atoms with Crippen molar-refractivity contribution < 1.29 is 15.0 Å². The minimum atomic E-state index is -0.755. The van der Waals surface area contributed by atoms with Crippen LogP contribution in [0.1, 0.15) is 25.3 Å². The lowest BCUT2D eigenvalue weighted by atomic mass is 10.1. The number of hydrogen-bond acceptors (Lipinski definition) is 5. The standard InChI is InChI=1S/C10H12N2O5/c1-2-3-4-7-5-9(12(16)17)10(13)6-8(7)11(14)15/h5-6,13H,2-4H2,1H3. The fourth-order valence-corrected chi connectivity index (χ4v) is 1.49. The summed E-state index contributed by atoms with van der Waals surface area (Å²) < 4.78 is 0. The number of aryl methyl sites for hydroxylation is 1. The van der Waals surface area contributed by atoms with Crippen molar-refractivity contribution in [1.82, 2.24) is 0 Å². The highest BCUT2D eigenvalue weighted by molar-refractivity contribution is 5.57. The summed E-state index contributed by atoms with van der Waals surface area (Å²) in [6, 6.07) is 1.91. The molecular formula is C10H12N2O5. The van der Waals surface area contributed by atoms with Gasteiger partial charge in [-0.05, 0) is 12.8 Å². The third-order valence-corrected chi connectivity index (χ3v) is 2.37. The van der Waals surface area contributed by atoms with Crippen LogP contribution in [0.15, 0.2) is 12.1 Å². The first kappa shape index (κ1) is 12.9. The molecule has 0 aliphatic carbocycles. The summed E-state index contributed by atoms with van der Waals surface area (Å²) in [7, 11) is 0. The van der Waals surface area contributed by atoms with Crippen LogP contribution in [-0.4, -0.2) is 15.0 Å². The molecular weight excluding hydrogens is 228 g/mol. The molecule has 7 nitrogen and oxygen atoms in total. The van der Waals surface area contributed by atoms with Gasteiger partial charge in [-0.15, -0.1) is 0 Å². The quantitative estimate of drug-likeness (QED) is 0.628. The fraction of sp³-hybridized carbons (Fsp3) is 0.400. The second kappa shape index (κ2) is 5.24. The Labute approximate surface area is 97.0 Å². The van der Waals surface area contributed by atoms with Gasteiger partial charge in [-0.1, -0.05) is 13.3 Å². The zero-order valence-corrected chi connectivity index (χ0v) is 9.25. The molecule has 0 spiro atoms. The van der Waals surface area contributed by atoms with Gasteiger partial charge < -0.3 is 5.11 Å². The van der Waals surface area contributed by atoms with Crippen molar-refractivity contribution in [3.63, 3.8) is 0 Å². The molecule has 0 aliphatic heterocycles. The molecule has 1 N–H and O–H groups in total. The van der Waals surface area contributed by atoms with Crippen molar-refractivity contribution in [2.24, 2.45) is 0 Å². The van der Waals surface area contributed by atoms with Gasteiger partial charge in [0.25, 0.3) is 5.69 Å². The van der Waals surface area contributed by atoms with Gasteiger partial charge in [-0.25, -0.2) is 0 Å². The summed E-state index contributed by atoms with van der Waals surface area (Å²) in [5.74, 6) is -0.679. The number of unbranched alkanes of at least 4 members (excludes halogenated alkanes) is 1. The maximum atomic E-state index is 10.7. The molecule has 0 fully saturated rings. The zero-order chi connectivity index (χ0) is 13.0. The summed E-state index contributed by atoms with van der Waals surface area (Å²) in [4.78, 5) is 19.9. The highest BCUT2D eigenvalue weighted by atomic mass is 16.6. The van der Waals surface area contributed by atoms with Crippen LogP contribution in [0.3, 0.4) is 0 Å². The lowest BCUT2D eigenvalue weighted by Gasteiger charge is -2.03. The molecule has 0 aliphatic rings. The number of nitro benzene ring substituents is 2. The molecule has 0 heterocycles. The van der Waals surface area contributed by atoms with Crippen LogP contribution in [0.25, 0.3) is 0 Å². The number of phenolic OH excluding ortho intramolecular Hbond substituents is 1. The number of phenols is 1. The highest BCUT2D eigenvalue weighted by Gasteiger charge is 2.23. The van der Waals surface area contributed by atoms with E-state index in [-0.39, 0.29) is 11.3 Å². The SMILES string of the molecule is CCCCc1cc([N+](=O)[O-])c(O)cc1[N+](=O)[O-]. The normalized spacial score (nSPS) is 10.2. The number of nitrogens with zero attached hydrogens (tertiary/aromatic N) is 2. The second-order valence-electron chi connectivity index (χ2n) is 3.59. The number of hydrogen-bond donors (Lipinski definition) is 1. The zero-order valence-electron chi connectivity index (χ0n) is 9.25. The van der Waals surface area contributed by atoms with Crippen molar-refractivity contribution >= 4 is 11.4 Å². The molecule has 1 rings (SSSR count). The van der Waals surface area contributed by atoms with E-state index in [0.29, 0.717) is 12.8 Å². The number of nitro groups is 2. The topological polar surface area (TPSA) is 107 Å². The van der Waals surface area contributed by atoms with Crippen LogP contribution < -0.4 is 0 Å². The van der Waals surface area contributed by atoms with Gasteiger partial charge in [0.15, 0.2) is 0 Å². The van der Waals surface area contributed by atoms with Gasteiger partial charge in [0.1, 0.15) is 0 Å². The molecule has 0 saturated heterocycles. The molecule has 0 saturated carbocycles. The van der Waals surface area contributed by atoms with Crippen molar-refractivity contribution in [2.45, 2.75) is 26.2 Å². The third kappa shape index (κ3) is 2.90. The van der Waals surface area contributed by atoms with Crippen LogP contribution >= 0.6 is 0 Å². The van der Waals surface area contributed by atoms with Crippen molar-refractivity contribution in [3.05, 3.63) is 37.9 Å². The Morgan fingerprint density at radius 3 is 2.24 bits per heavy atom. The molecule has 7 heteroatoms. The highest BCUT2D eigenvalue weighted by Crippen LogP contribution is 2.34. The first-order valence-corrected chi connectivity index (χ1v) is 5.12. The molecule has 0 bridgehead atoms. The van der Waals surface area contributed by atoms with Gasteiger partial charge in [-0.2, -0.15) is 0 Å².